The Morgan fingerprint density at radius 1 is 0.382 bits per heavy atom. The normalized spacial score (nSPS) is 13.9. The molecule has 0 saturated carbocycles. The minimum absolute atomic E-state index is 0.374. The summed E-state index contributed by atoms with van der Waals surface area (Å²) in [6, 6.07) is -0.975. The van der Waals surface area contributed by atoms with E-state index in [1.165, 1.54) is 212 Å². The van der Waals surface area contributed by atoms with Crippen molar-refractivity contribution in [2.75, 3.05) is 6.61 Å². The lowest BCUT2D eigenvalue weighted by Gasteiger charge is -2.27. The van der Waals surface area contributed by atoms with Crippen molar-refractivity contribution in [2.24, 2.45) is 0 Å². The van der Waals surface area contributed by atoms with Gasteiger partial charge in [0, 0.05) is 0 Å². The fourth-order valence-electron chi connectivity index (χ4n) is 8.11. The quantitative estimate of drug-likeness (QED) is 0.0395. The van der Waals surface area contributed by atoms with Crippen molar-refractivity contribution in [1.29, 1.82) is 0 Å². The zero-order valence-electron chi connectivity index (χ0n) is 37.2. The molecule has 0 rings (SSSR count). The van der Waals surface area contributed by atoms with Gasteiger partial charge in [0.25, 0.3) is 0 Å². The Morgan fingerprint density at radius 3 is 0.891 bits per heavy atom. The minimum Gasteiger partial charge on any atom is -0.394 e. The van der Waals surface area contributed by atoms with Gasteiger partial charge in [0.05, 0.1) is 18.8 Å². The third-order valence-corrected chi connectivity index (χ3v) is 12.1. The third-order valence-electron chi connectivity index (χ3n) is 12.1. The van der Waals surface area contributed by atoms with Crippen LogP contribution in [0, 0.1) is 0 Å². The first-order valence-corrected chi connectivity index (χ1v) is 24.9. The Kier molecular flexibility index (Phi) is 43.9. The second-order valence-electron chi connectivity index (χ2n) is 17.5. The van der Waals surface area contributed by atoms with Gasteiger partial charge in [-0.3, -0.25) is 4.79 Å². The summed E-state index contributed by atoms with van der Waals surface area (Å²) in [5.41, 5.74) is 0. The molecule has 0 aromatic carbocycles. The highest BCUT2D eigenvalue weighted by molar-refractivity contribution is 5.80. The molecule has 0 heterocycles. The Balaban J connectivity index is 3.33. The summed E-state index contributed by atoms with van der Waals surface area (Å²) < 4.78 is 0. The fraction of sp³-hybridized carbons (Fsp3) is 0.980. The number of amides is 1. The topological polar surface area (TPSA) is 110 Å². The molecule has 6 heteroatoms. The molecule has 0 aromatic heterocycles. The maximum atomic E-state index is 12.4. The maximum absolute atomic E-state index is 12.4. The predicted octanol–water partition coefficient (Wildman–Crippen LogP) is 13.6. The van der Waals surface area contributed by atoms with Gasteiger partial charge in [0.15, 0.2) is 0 Å². The van der Waals surface area contributed by atoms with Gasteiger partial charge in [-0.2, -0.15) is 0 Å². The number of unbranched alkanes of at least 4 members (excludes halogenated alkanes) is 37. The first kappa shape index (κ1) is 54.3. The van der Waals surface area contributed by atoms with E-state index in [9.17, 15) is 25.2 Å². The Hall–Kier alpha value is -0.690. The standard InChI is InChI=1S/C49H99NO5/c1-3-5-7-8-9-10-11-12-13-14-15-16-17-18-19-20-21-22-23-24-25-26-27-28-29-30-31-32-33-34-35-36-37-38-39-41-43-47(53)49(55)50-45(44-51)48(54)46(52)42-40-6-4-2/h45-48,51-54H,3-44H2,1-2H3,(H,50,55). The molecule has 0 radical (unpaired) electrons. The van der Waals surface area contributed by atoms with E-state index in [0.29, 0.717) is 12.8 Å². The van der Waals surface area contributed by atoms with Crippen molar-refractivity contribution in [3.8, 4) is 0 Å². The molecule has 0 aliphatic heterocycles. The highest BCUT2D eigenvalue weighted by Gasteiger charge is 2.28. The number of carbonyl (C=O) groups excluding carboxylic acids is 1. The monoisotopic (exact) mass is 782 g/mol. The molecule has 4 atom stereocenters. The predicted molar refractivity (Wildman–Crippen MR) is 238 cm³/mol. The van der Waals surface area contributed by atoms with Crippen LogP contribution in [-0.4, -0.2) is 57.3 Å². The van der Waals surface area contributed by atoms with Crippen molar-refractivity contribution in [3.63, 3.8) is 0 Å². The average molecular weight is 782 g/mol. The molecule has 5 N–H and O–H groups in total. The molecule has 0 fully saturated rings. The number of rotatable bonds is 46. The van der Waals surface area contributed by atoms with Crippen molar-refractivity contribution in [2.45, 2.75) is 301 Å². The SMILES string of the molecule is CCCCCCCCCCCCCCCCCCCCCCCCCCCCCCCCCCCCCCC(O)C(=O)NC(CO)C(O)C(O)CCCCC. The molecular weight excluding hydrogens is 683 g/mol. The van der Waals surface area contributed by atoms with Gasteiger partial charge in [-0.25, -0.2) is 0 Å². The Bertz CT molecular complexity index is 751. The lowest BCUT2D eigenvalue weighted by molar-refractivity contribution is -0.132. The van der Waals surface area contributed by atoms with Gasteiger partial charge in [0.1, 0.15) is 12.2 Å². The molecule has 330 valence electrons. The van der Waals surface area contributed by atoms with E-state index in [4.69, 9.17) is 0 Å². The highest BCUT2D eigenvalue weighted by atomic mass is 16.3. The van der Waals surface area contributed by atoms with E-state index < -0.39 is 36.9 Å². The summed E-state index contributed by atoms with van der Waals surface area (Å²) in [6.45, 7) is 3.88. The van der Waals surface area contributed by atoms with Crippen LogP contribution in [0.15, 0.2) is 0 Å². The molecule has 1 amide bonds. The van der Waals surface area contributed by atoms with E-state index in [2.05, 4.69) is 19.2 Å². The number of aliphatic hydroxyl groups excluding tert-OH is 4. The first-order chi connectivity index (χ1) is 27.0. The zero-order chi connectivity index (χ0) is 40.3. The van der Waals surface area contributed by atoms with Crippen LogP contribution in [0.4, 0.5) is 0 Å². The van der Waals surface area contributed by atoms with Gasteiger partial charge in [-0.15, -0.1) is 0 Å². The summed E-state index contributed by atoms with van der Waals surface area (Å²) in [6.07, 6.45) is 50.0. The van der Waals surface area contributed by atoms with Crippen LogP contribution >= 0.6 is 0 Å². The molecule has 4 unspecified atom stereocenters. The second-order valence-corrected chi connectivity index (χ2v) is 17.5. The van der Waals surface area contributed by atoms with E-state index in [0.717, 1.165) is 38.5 Å². The van der Waals surface area contributed by atoms with Crippen LogP contribution in [0.3, 0.4) is 0 Å². The summed E-state index contributed by atoms with van der Waals surface area (Å²) in [5, 5.41) is 42.8. The number of aliphatic hydroxyl groups is 4. The molecule has 0 spiro atoms. The van der Waals surface area contributed by atoms with Gasteiger partial charge in [-0.05, 0) is 12.8 Å². The fourth-order valence-corrected chi connectivity index (χ4v) is 8.11. The lowest BCUT2D eigenvalue weighted by atomic mass is 10.00. The van der Waals surface area contributed by atoms with Crippen LogP contribution in [0.25, 0.3) is 0 Å². The summed E-state index contributed by atoms with van der Waals surface area (Å²) in [5.74, 6) is -0.588. The van der Waals surface area contributed by atoms with Crippen LogP contribution in [-0.2, 0) is 4.79 Å². The minimum atomic E-state index is -1.25. The zero-order valence-corrected chi connectivity index (χ0v) is 37.2. The second kappa shape index (κ2) is 44.4. The average Bonchev–Trinajstić information content (AvgIpc) is 3.19. The third kappa shape index (κ3) is 38.6. The molecule has 0 aromatic rings. The molecule has 0 saturated heterocycles. The van der Waals surface area contributed by atoms with Crippen molar-refractivity contribution < 1.29 is 25.2 Å². The van der Waals surface area contributed by atoms with Crippen LogP contribution in [0.2, 0.25) is 0 Å². The van der Waals surface area contributed by atoms with Gasteiger partial charge < -0.3 is 25.7 Å². The Morgan fingerprint density at radius 2 is 0.618 bits per heavy atom. The highest BCUT2D eigenvalue weighted by Crippen LogP contribution is 2.18. The van der Waals surface area contributed by atoms with E-state index >= 15 is 0 Å². The summed E-state index contributed by atoms with van der Waals surface area (Å²) >= 11 is 0. The van der Waals surface area contributed by atoms with Crippen molar-refractivity contribution in [1.82, 2.24) is 5.32 Å². The van der Waals surface area contributed by atoms with Crippen LogP contribution in [0.5, 0.6) is 0 Å². The molecule has 0 aliphatic rings. The van der Waals surface area contributed by atoms with Gasteiger partial charge >= 0.3 is 0 Å². The Labute approximate surface area is 343 Å². The lowest BCUT2D eigenvalue weighted by Crippen LogP contribution is -2.53. The van der Waals surface area contributed by atoms with E-state index in [1.807, 2.05) is 0 Å². The largest absolute Gasteiger partial charge is 0.394 e. The number of hydrogen-bond acceptors (Lipinski definition) is 5. The van der Waals surface area contributed by atoms with E-state index in [-0.39, 0.29) is 0 Å². The molecule has 55 heavy (non-hydrogen) atoms. The number of hydrogen-bond donors (Lipinski definition) is 5. The maximum Gasteiger partial charge on any atom is 0.249 e. The van der Waals surface area contributed by atoms with Crippen molar-refractivity contribution in [3.05, 3.63) is 0 Å². The smallest absolute Gasteiger partial charge is 0.249 e. The van der Waals surface area contributed by atoms with Crippen LogP contribution in [0.1, 0.15) is 277 Å². The van der Waals surface area contributed by atoms with Gasteiger partial charge in [-0.1, -0.05) is 264 Å². The summed E-state index contributed by atoms with van der Waals surface area (Å²) in [4.78, 5) is 12.4. The van der Waals surface area contributed by atoms with Crippen LogP contribution < -0.4 is 5.32 Å². The summed E-state index contributed by atoms with van der Waals surface area (Å²) in [7, 11) is 0. The first-order valence-electron chi connectivity index (χ1n) is 24.9. The van der Waals surface area contributed by atoms with Gasteiger partial charge in [0.2, 0.25) is 5.91 Å². The molecular formula is C49H99NO5. The molecule has 0 bridgehead atoms. The number of carbonyl (C=O) groups is 1. The van der Waals surface area contributed by atoms with Crippen molar-refractivity contribution >= 4 is 5.91 Å². The number of nitrogens with one attached hydrogen (secondary N) is 1. The van der Waals surface area contributed by atoms with E-state index in [1.54, 1.807) is 0 Å². The molecule has 0 aliphatic carbocycles. The molecule has 6 nitrogen and oxygen atoms in total.